The number of fused-ring (bicyclic) bond motifs is 2. The Morgan fingerprint density at radius 1 is 1.03 bits per heavy atom. The molecule has 0 aromatic heterocycles. The molecule has 0 spiro atoms. The highest BCUT2D eigenvalue weighted by Gasteiger charge is 2.38. The van der Waals surface area contributed by atoms with Crippen molar-refractivity contribution in [2.45, 2.75) is 45.2 Å². The Morgan fingerprint density at radius 2 is 1.79 bits per heavy atom. The molecule has 2 heterocycles. The molecule has 0 saturated carbocycles. The van der Waals surface area contributed by atoms with Crippen molar-refractivity contribution in [1.82, 2.24) is 0 Å². The van der Waals surface area contributed by atoms with Crippen molar-refractivity contribution in [2.24, 2.45) is 0 Å². The van der Waals surface area contributed by atoms with E-state index in [1.54, 1.807) is 0 Å². The zero-order valence-electron chi connectivity index (χ0n) is 19.0. The number of nitrogens with zero attached hydrogens (tertiary/aromatic N) is 2. The number of hydrogen-bond acceptors (Lipinski definition) is 3. The van der Waals surface area contributed by atoms with Gasteiger partial charge in [-0.1, -0.05) is 43.3 Å². The maximum atomic E-state index is 13.7. The van der Waals surface area contributed by atoms with Crippen molar-refractivity contribution in [1.29, 1.82) is 0 Å². The summed E-state index contributed by atoms with van der Waals surface area (Å²) < 4.78 is 5.61. The number of carbonyl (C=O) groups is 2. The van der Waals surface area contributed by atoms with Gasteiger partial charge in [-0.15, -0.1) is 0 Å². The van der Waals surface area contributed by atoms with Crippen molar-refractivity contribution in [3.63, 3.8) is 0 Å². The summed E-state index contributed by atoms with van der Waals surface area (Å²) in [5.41, 5.74) is 4.51. The van der Waals surface area contributed by atoms with Gasteiger partial charge in [0.1, 0.15) is 5.75 Å². The molecule has 0 radical (unpaired) electrons. The van der Waals surface area contributed by atoms with Crippen molar-refractivity contribution >= 4 is 23.2 Å². The molecule has 0 fully saturated rings. The Morgan fingerprint density at radius 3 is 2.58 bits per heavy atom. The lowest BCUT2D eigenvalue weighted by atomic mass is 9.89. The summed E-state index contributed by atoms with van der Waals surface area (Å²) in [5.74, 6) is 0.929. The van der Waals surface area contributed by atoms with Gasteiger partial charge in [0.2, 0.25) is 5.91 Å². The van der Waals surface area contributed by atoms with Crippen LogP contribution in [0.1, 0.15) is 54.2 Å². The largest absolute Gasteiger partial charge is 0.493 e. The van der Waals surface area contributed by atoms with Gasteiger partial charge in [0.05, 0.1) is 12.6 Å². The maximum Gasteiger partial charge on any atom is 0.258 e. The minimum absolute atomic E-state index is 0.0174. The van der Waals surface area contributed by atoms with Crippen LogP contribution in [0.25, 0.3) is 0 Å². The zero-order valence-corrected chi connectivity index (χ0v) is 19.0. The van der Waals surface area contributed by atoms with Gasteiger partial charge in [-0.3, -0.25) is 9.59 Å². The number of amides is 2. The molecular formula is C28H28N2O3. The highest BCUT2D eigenvalue weighted by atomic mass is 16.5. The van der Waals surface area contributed by atoms with Crippen LogP contribution in [0.3, 0.4) is 0 Å². The van der Waals surface area contributed by atoms with Crippen LogP contribution in [-0.2, 0) is 11.2 Å². The van der Waals surface area contributed by atoms with E-state index in [1.807, 2.05) is 89.5 Å². The second kappa shape index (κ2) is 8.74. The average molecular weight is 441 g/mol. The highest BCUT2D eigenvalue weighted by molar-refractivity contribution is 6.08. The molecule has 2 atom stereocenters. The number of ether oxygens (including phenoxy) is 1. The van der Waals surface area contributed by atoms with E-state index in [0.29, 0.717) is 25.0 Å². The summed E-state index contributed by atoms with van der Waals surface area (Å²) in [6.07, 6.45) is 1.91. The maximum absolute atomic E-state index is 13.7. The van der Waals surface area contributed by atoms with E-state index in [2.05, 4.69) is 6.92 Å². The SMILES string of the molecule is CCC(=O)N(c1ccccc1)[C@H]1C[C@@H](C)N(C(=O)c2ccc3c(c2)CCO3)c2ccccc21. The molecule has 0 N–H and O–H groups in total. The second-order valence-corrected chi connectivity index (χ2v) is 8.71. The Kier molecular flexibility index (Phi) is 5.63. The van der Waals surface area contributed by atoms with E-state index < -0.39 is 0 Å². The number of rotatable bonds is 4. The molecule has 168 valence electrons. The minimum atomic E-state index is -0.136. The van der Waals surface area contributed by atoms with Gasteiger partial charge in [-0.25, -0.2) is 0 Å². The number of hydrogen-bond donors (Lipinski definition) is 0. The van der Waals surface area contributed by atoms with E-state index in [9.17, 15) is 9.59 Å². The van der Waals surface area contributed by atoms with Crippen molar-refractivity contribution in [2.75, 3.05) is 16.4 Å². The quantitative estimate of drug-likeness (QED) is 0.535. The summed E-state index contributed by atoms with van der Waals surface area (Å²) in [7, 11) is 0. The van der Waals surface area contributed by atoms with E-state index >= 15 is 0 Å². The Labute approximate surface area is 194 Å². The van der Waals surface area contributed by atoms with Crippen LogP contribution in [0.5, 0.6) is 5.75 Å². The number of anilines is 2. The second-order valence-electron chi connectivity index (χ2n) is 8.71. The third-order valence-electron chi connectivity index (χ3n) is 6.63. The normalized spacial score (nSPS) is 18.8. The predicted molar refractivity (Wildman–Crippen MR) is 130 cm³/mol. The zero-order chi connectivity index (χ0) is 22.9. The molecule has 0 unspecified atom stereocenters. The average Bonchev–Trinajstić information content (AvgIpc) is 3.32. The topological polar surface area (TPSA) is 49.9 Å². The fourth-order valence-electron chi connectivity index (χ4n) is 5.05. The number of para-hydroxylation sites is 2. The third kappa shape index (κ3) is 3.78. The van der Waals surface area contributed by atoms with Crippen LogP contribution in [0, 0.1) is 0 Å². The van der Waals surface area contributed by atoms with Crippen LogP contribution in [0.4, 0.5) is 11.4 Å². The number of carbonyl (C=O) groups excluding carboxylic acids is 2. The van der Waals surface area contributed by atoms with Gasteiger partial charge in [-0.05, 0) is 60.9 Å². The van der Waals surface area contributed by atoms with Gasteiger partial charge in [0.25, 0.3) is 5.91 Å². The first-order valence-corrected chi connectivity index (χ1v) is 11.6. The van der Waals surface area contributed by atoms with E-state index in [4.69, 9.17) is 4.74 Å². The predicted octanol–water partition coefficient (Wildman–Crippen LogP) is 5.54. The summed E-state index contributed by atoms with van der Waals surface area (Å²) in [6.45, 7) is 4.62. The first-order valence-electron chi connectivity index (χ1n) is 11.6. The van der Waals surface area contributed by atoms with E-state index in [-0.39, 0.29) is 23.9 Å². The fourth-order valence-corrected chi connectivity index (χ4v) is 5.05. The van der Waals surface area contributed by atoms with Crippen LogP contribution >= 0.6 is 0 Å². The molecule has 2 aliphatic rings. The minimum Gasteiger partial charge on any atom is -0.493 e. The van der Waals surface area contributed by atoms with E-state index in [1.165, 1.54) is 0 Å². The van der Waals surface area contributed by atoms with E-state index in [0.717, 1.165) is 34.7 Å². The Balaban J connectivity index is 1.55. The molecule has 2 aliphatic heterocycles. The molecular weight excluding hydrogens is 412 g/mol. The molecule has 3 aromatic rings. The molecule has 5 heteroatoms. The van der Waals surface area contributed by atoms with Crippen molar-refractivity contribution < 1.29 is 14.3 Å². The summed E-state index contributed by atoms with van der Waals surface area (Å²) in [6, 6.07) is 23.3. The molecule has 0 aliphatic carbocycles. The molecule has 0 bridgehead atoms. The molecule has 0 saturated heterocycles. The highest BCUT2D eigenvalue weighted by Crippen LogP contribution is 2.43. The smallest absolute Gasteiger partial charge is 0.258 e. The standard InChI is InChI=1S/C28H28N2O3/c1-3-27(31)30(22-9-5-4-6-10-22)25-17-19(2)29(24-12-8-7-11-23(24)25)28(32)21-13-14-26-20(18-21)15-16-33-26/h4-14,18-19,25H,3,15-17H2,1-2H3/t19-,25+/m1/s1. The van der Waals surface area contributed by atoms with Gasteiger partial charge >= 0.3 is 0 Å². The lowest BCUT2D eigenvalue weighted by molar-refractivity contribution is -0.118. The molecule has 5 nitrogen and oxygen atoms in total. The van der Waals surface area contributed by atoms with Crippen molar-refractivity contribution in [3.05, 3.63) is 89.5 Å². The first kappa shape index (κ1) is 21.3. The molecule has 5 rings (SSSR count). The third-order valence-corrected chi connectivity index (χ3v) is 6.63. The molecule has 33 heavy (non-hydrogen) atoms. The van der Waals surface area contributed by atoms with Gasteiger partial charge in [-0.2, -0.15) is 0 Å². The van der Waals surface area contributed by atoms with Gasteiger partial charge in [0, 0.05) is 35.8 Å². The lowest BCUT2D eigenvalue weighted by Gasteiger charge is -2.43. The lowest BCUT2D eigenvalue weighted by Crippen LogP contribution is -2.47. The summed E-state index contributed by atoms with van der Waals surface area (Å²) in [4.78, 5) is 30.6. The van der Waals surface area contributed by atoms with Gasteiger partial charge < -0.3 is 14.5 Å². The Bertz CT molecular complexity index is 1190. The summed E-state index contributed by atoms with van der Waals surface area (Å²) in [5, 5.41) is 0. The van der Waals surface area contributed by atoms with Gasteiger partial charge in [0.15, 0.2) is 0 Å². The summed E-state index contributed by atoms with van der Waals surface area (Å²) >= 11 is 0. The fraction of sp³-hybridized carbons (Fsp3) is 0.286. The van der Waals surface area contributed by atoms with Crippen LogP contribution in [-0.4, -0.2) is 24.5 Å². The monoisotopic (exact) mass is 440 g/mol. The first-order chi connectivity index (χ1) is 16.1. The van der Waals surface area contributed by atoms with Crippen molar-refractivity contribution in [3.8, 4) is 5.75 Å². The molecule has 3 aromatic carbocycles. The Hall–Kier alpha value is -3.60. The van der Waals surface area contributed by atoms with Crippen LogP contribution in [0.2, 0.25) is 0 Å². The van der Waals surface area contributed by atoms with Crippen LogP contribution < -0.4 is 14.5 Å². The molecule has 2 amide bonds. The van der Waals surface area contributed by atoms with Crippen LogP contribution in [0.15, 0.2) is 72.8 Å². The number of benzene rings is 3.